The minimum atomic E-state index is -0.407. The minimum absolute atomic E-state index is 0.216. The van der Waals surface area contributed by atoms with Gasteiger partial charge in [0, 0.05) is 29.2 Å². The molecule has 0 N–H and O–H groups in total. The van der Waals surface area contributed by atoms with Crippen molar-refractivity contribution >= 4 is 45.0 Å². The standard InChI is InChI=1S/C15H11BrCl2FNO/c1-20(8-9-4-11(17)7-12(18)5-9)15(21)10-2-3-14(19)13(16)6-10/h2-7H,8H2,1H3. The molecule has 0 unspecified atom stereocenters. The Hall–Kier alpha value is -1.10. The van der Waals surface area contributed by atoms with Gasteiger partial charge in [0.25, 0.3) is 5.91 Å². The molecule has 0 aliphatic heterocycles. The molecular formula is C15H11BrCl2FNO. The summed E-state index contributed by atoms with van der Waals surface area (Å²) in [6.07, 6.45) is 0. The van der Waals surface area contributed by atoms with E-state index in [-0.39, 0.29) is 10.4 Å². The van der Waals surface area contributed by atoms with Gasteiger partial charge >= 0.3 is 0 Å². The van der Waals surface area contributed by atoms with Crippen LogP contribution in [0.2, 0.25) is 10.0 Å². The van der Waals surface area contributed by atoms with Gasteiger partial charge in [-0.25, -0.2) is 4.39 Å². The lowest BCUT2D eigenvalue weighted by atomic mass is 10.1. The van der Waals surface area contributed by atoms with Crippen LogP contribution < -0.4 is 0 Å². The Morgan fingerprint density at radius 1 is 1.19 bits per heavy atom. The molecule has 0 saturated heterocycles. The number of rotatable bonds is 3. The molecule has 6 heteroatoms. The van der Waals surface area contributed by atoms with Crippen LogP contribution in [0, 0.1) is 5.82 Å². The van der Waals surface area contributed by atoms with Gasteiger partial charge < -0.3 is 4.90 Å². The number of nitrogens with zero attached hydrogens (tertiary/aromatic N) is 1. The molecule has 0 aliphatic rings. The fraction of sp³-hybridized carbons (Fsp3) is 0.133. The number of carbonyl (C=O) groups excluding carboxylic acids is 1. The zero-order chi connectivity index (χ0) is 15.6. The normalized spacial score (nSPS) is 10.5. The molecule has 0 aliphatic carbocycles. The van der Waals surface area contributed by atoms with E-state index in [0.29, 0.717) is 22.2 Å². The lowest BCUT2D eigenvalue weighted by molar-refractivity contribution is 0.0785. The van der Waals surface area contributed by atoms with E-state index < -0.39 is 5.82 Å². The van der Waals surface area contributed by atoms with Gasteiger partial charge in [-0.05, 0) is 57.9 Å². The monoisotopic (exact) mass is 389 g/mol. The van der Waals surface area contributed by atoms with E-state index in [1.165, 1.54) is 23.1 Å². The van der Waals surface area contributed by atoms with Gasteiger partial charge in [-0.15, -0.1) is 0 Å². The lowest BCUT2D eigenvalue weighted by Gasteiger charge is -2.18. The molecule has 0 heterocycles. The van der Waals surface area contributed by atoms with Crippen LogP contribution in [0.4, 0.5) is 4.39 Å². The zero-order valence-corrected chi connectivity index (χ0v) is 14.1. The molecule has 110 valence electrons. The Kier molecular flexibility index (Phi) is 5.25. The third-order valence-corrected chi connectivity index (χ3v) is 3.90. The number of carbonyl (C=O) groups is 1. The smallest absolute Gasteiger partial charge is 0.253 e. The van der Waals surface area contributed by atoms with Crippen LogP contribution in [0.3, 0.4) is 0 Å². The summed E-state index contributed by atoms with van der Waals surface area (Å²) in [7, 11) is 1.66. The number of halogens is 4. The van der Waals surface area contributed by atoms with Crippen LogP contribution in [0.5, 0.6) is 0 Å². The largest absolute Gasteiger partial charge is 0.337 e. The topological polar surface area (TPSA) is 20.3 Å². The van der Waals surface area contributed by atoms with Crippen LogP contribution in [-0.4, -0.2) is 17.9 Å². The van der Waals surface area contributed by atoms with Crippen molar-refractivity contribution in [2.45, 2.75) is 6.54 Å². The van der Waals surface area contributed by atoms with Gasteiger partial charge in [0.1, 0.15) is 5.82 Å². The molecule has 2 rings (SSSR count). The number of amides is 1. The molecule has 2 aromatic rings. The quantitative estimate of drug-likeness (QED) is 0.708. The molecule has 0 bridgehead atoms. The number of hydrogen-bond donors (Lipinski definition) is 0. The fourth-order valence-corrected chi connectivity index (χ4v) is 2.85. The molecule has 0 atom stereocenters. The first kappa shape index (κ1) is 16.3. The lowest BCUT2D eigenvalue weighted by Crippen LogP contribution is -2.26. The molecule has 0 saturated carbocycles. The van der Waals surface area contributed by atoms with Crippen molar-refractivity contribution in [2.75, 3.05) is 7.05 Å². The Morgan fingerprint density at radius 3 is 2.38 bits per heavy atom. The summed E-state index contributed by atoms with van der Waals surface area (Å²) in [5.74, 6) is -0.623. The SMILES string of the molecule is CN(Cc1cc(Cl)cc(Cl)c1)C(=O)c1ccc(F)c(Br)c1. The van der Waals surface area contributed by atoms with Crippen molar-refractivity contribution in [1.29, 1.82) is 0 Å². The summed E-state index contributed by atoms with van der Waals surface area (Å²) in [5, 5.41) is 1.03. The van der Waals surface area contributed by atoms with Crippen LogP contribution in [0.15, 0.2) is 40.9 Å². The van der Waals surface area contributed by atoms with Gasteiger partial charge in [-0.2, -0.15) is 0 Å². The Balaban J connectivity index is 2.17. The summed E-state index contributed by atoms with van der Waals surface area (Å²) >= 11 is 14.9. The highest BCUT2D eigenvalue weighted by molar-refractivity contribution is 9.10. The van der Waals surface area contributed by atoms with Crippen LogP contribution in [0.1, 0.15) is 15.9 Å². The summed E-state index contributed by atoms with van der Waals surface area (Å²) in [5.41, 5.74) is 1.23. The second-order valence-electron chi connectivity index (χ2n) is 4.57. The highest BCUT2D eigenvalue weighted by Crippen LogP contribution is 2.21. The predicted molar refractivity (Wildman–Crippen MR) is 86.4 cm³/mol. The van der Waals surface area contributed by atoms with Crippen molar-refractivity contribution in [3.63, 3.8) is 0 Å². The molecule has 0 fully saturated rings. The first-order valence-electron chi connectivity index (χ1n) is 6.02. The Bertz CT molecular complexity index is 673. The van der Waals surface area contributed by atoms with Gasteiger partial charge in [-0.3, -0.25) is 4.79 Å². The fourth-order valence-electron chi connectivity index (χ4n) is 1.90. The van der Waals surface area contributed by atoms with E-state index in [9.17, 15) is 9.18 Å². The van der Waals surface area contributed by atoms with Gasteiger partial charge in [-0.1, -0.05) is 23.2 Å². The van der Waals surface area contributed by atoms with Crippen molar-refractivity contribution in [2.24, 2.45) is 0 Å². The molecule has 2 aromatic carbocycles. The van der Waals surface area contributed by atoms with E-state index in [1.807, 2.05) is 0 Å². The van der Waals surface area contributed by atoms with E-state index in [2.05, 4.69) is 15.9 Å². The minimum Gasteiger partial charge on any atom is -0.337 e. The van der Waals surface area contributed by atoms with E-state index in [1.54, 1.807) is 25.2 Å². The highest BCUT2D eigenvalue weighted by Gasteiger charge is 2.14. The summed E-state index contributed by atoms with van der Waals surface area (Å²) in [6.45, 7) is 0.355. The molecule has 21 heavy (non-hydrogen) atoms. The van der Waals surface area contributed by atoms with Crippen molar-refractivity contribution in [1.82, 2.24) is 4.90 Å². The number of benzene rings is 2. The second-order valence-corrected chi connectivity index (χ2v) is 6.30. The maximum Gasteiger partial charge on any atom is 0.253 e. The van der Waals surface area contributed by atoms with E-state index >= 15 is 0 Å². The average molecular weight is 391 g/mol. The first-order chi connectivity index (χ1) is 9.86. The Labute approximate surface area is 140 Å². The summed E-state index contributed by atoms with van der Waals surface area (Å²) in [6, 6.07) is 9.28. The third-order valence-electron chi connectivity index (χ3n) is 2.86. The van der Waals surface area contributed by atoms with Crippen molar-refractivity contribution in [3.8, 4) is 0 Å². The van der Waals surface area contributed by atoms with Crippen LogP contribution >= 0.6 is 39.1 Å². The van der Waals surface area contributed by atoms with Gasteiger partial charge in [0.05, 0.1) is 4.47 Å². The molecule has 0 aromatic heterocycles. The first-order valence-corrected chi connectivity index (χ1v) is 7.57. The Morgan fingerprint density at radius 2 is 1.81 bits per heavy atom. The van der Waals surface area contributed by atoms with E-state index in [0.717, 1.165) is 5.56 Å². The van der Waals surface area contributed by atoms with Crippen LogP contribution in [0.25, 0.3) is 0 Å². The summed E-state index contributed by atoms with van der Waals surface area (Å²) < 4.78 is 13.5. The average Bonchev–Trinajstić information content (AvgIpc) is 2.39. The maximum atomic E-state index is 13.2. The molecule has 1 amide bonds. The van der Waals surface area contributed by atoms with Crippen molar-refractivity contribution < 1.29 is 9.18 Å². The predicted octanol–water partition coefficient (Wildman–Crippen LogP) is 5.17. The zero-order valence-electron chi connectivity index (χ0n) is 11.0. The molecule has 0 spiro atoms. The highest BCUT2D eigenvalue weighted by atomic mass is 79.9. The van der Waals surface area contributed by atoms with Crippen molar-refractivity contribution in [3.05, 3.63) is 67.9 Å². The molecule has 0 radical (unpaired) electrons. The van der Waals surface area contributed by atoms with Crippen LogP contribution in [-0.2, 0) is 6.54 Å². The third kappa shape index (κ3) is 4.19. The maximum absolute atomic E-state index is 13.2. The van der Waals surface area contributed by atoms with E-state index in [4.69, 9.17) is 23.2 Å². The van der Waals surface area contributed by atoms with Gasteiger partial charge in [0.2, 0.25) is 0 Å². The second kappa shape index (κ2) is 6.77. The summed E-state index contributed by atoms with van der Waals surface area (Å²) in [4.78, 5) is 13.8. The van der Waals surface area contributed by atoms with Gasteiger partial charge in [0.15, 0.2) is 0 Å². The molecule has 2 nitrogen and oxygen atoms in total. The molecular weight excluding hydrogens is 380 g/mol. The number of hydrogen-bond acceptors (Lipinski definition) is 1.